The molecule has 0 spiro atoms. The van der Waals surface area contributed by atoms with Crippen molar-refractivity contribution in [3.8, 4) is 17.6 Å². The van der Waals surface area contributed by atoms with E-state index in [1.54, 1.807) is 6.07 Å². The molecule has 13 heavy (non-hydrogen) atoms. The molecule has 0 radical (unpaired) electrons. The number of alkyl halides is 1. The summed E-state index contributed by atoms with van der Waals surface area (Å²) in [5, 5.41) is 9.19. The molecular weight excluding hydrogens is 191 g/mol. The lowest BCUT2D eigenvalue weighted by Gasteiger charge is -1.96. The van der Waals surface area contributed by atoms with E-state index in [2.05, 4.69) is 11.8 Å². The highest BCUT2D eigenvalue weighted by Crippen LogP contribution is 2.19. The highest BCUT2D eigenvalue weighted by molar-refractivity contribution is 6.18. The Morgan fingerprint density at radius 1 is 1.46 bits per heavy atom. The van der Waals surface area contributed by atoms with E-state index >= 15 is 0 Å². The van der Waals surface area contributed by atoms with Crippen molar-refractivity contribution >= 4 is 11.6 Å². The van der Waals surface area contributed by atoms with Gasteiger partial charge in [-0.1, -0.05) is 17.9 Å². The van der Waals surface area contributed by atoms with Crippen LogP contribution in [-0.2, 0) is 0 Å². The molecular formula is C10H8ClFO. The van der Waals surface area contributed by atoms with E-state index in [1.165, 1.54) is 12.1 Å². The van der Waals surface area contributed by atoms with Crippen LogP contribution in [0.15, 0.2) is 18.2 Å². The summed E-state index contributed by atoms with van der Waals surface area (Å²) in [5.41, 5.74) is 0.296. The van der Waals surface area contributed by atoms with Gasteiger partial charge in [-0.15, -0.1) is 11.6 Å². The molecule has 0 bridgehead atoms. The van der Waals surface area contributed by atoms with E-state index in [9.17, 15) is 9.50 Å². The van der Waals surface area contributed by atoms with Crippen LogP contribution < -0.4 is 0 Å². The zero-order valence-corrected chi connectivity index (χ0v) is 7.61. The van der Waals surface area contributed by atoms with Gasteiger partial charge in [-0.25, -0.2) is 4.39 Å². The second kappa shape index (κ2) is 4.74. The van der Waals surface area contributed by atoms with Crippen LogP contribution in [0.1, 0.15) is 12.0 Å². The fourth-order valence-electron chi connectivity index (χ4n) is 0.821. The maximum atomic E-state index is 12.7. The standard InChI is InChI=1S/C10H8ClFO/c11-7-2-1-4-8-5-3-6-9(12)10(8)13/h3,5-6,13H,2,7H2. The van der Waals surface area contributed by atoms with Crippen LogP contribution in [0, 0.1) is 17.7 Å². The number of phenolic OH excluding ortho intramolecular Hbond substituents is 1. The van der Waals surface area contributed by atoms with Crippen molar-refractivity contribution in [2.45, 2.75) is 6.42 Å². The molecule has 0 saturated carbocycles. The zero-order valence-electron chi connectivity index (χ0n) is 6.85. The van der Waals surface area contributed by atoms with E-state index in [0.717, 1.165) is 0 Å². The minimum absolute atomic E-state index is 0.296. The first-order valence-corrected chi connectivity index (χ1v) is 4.31. The molecule has 0 aliphatic heterocycles. The molecule has 0 aromatic heterocycles. The maximum absolute atomic E-state index is 12.7. The summed E-state index contributed by atoms with van der Waals surface area (Å²) in [4.78, 5) is 0. The Bertz CT molecular complexity index is 352. The number of aromatic hydroxyl groups is 1. The molecule has 3 heteroatoms. The first-order chi connectivity index (χ1) is 6.25. The van der Waals surface area contributed by atoms with Crippen molar-refractivity contribution in [2.75, 3.05) is 5.88 Å². The van der Waals surface area contributed by atoms with Gasteiger partial charge in [0.2, 0.25) is 0 Å². The van der Waals surface area contributed by atoms with Crippen LogP contribution in [0.25, 0.3) is 0 Å². The van der Waals surface area contributed by atoms with Crippen LogP contribution in [0.2, 0.25) is 0 Å². The Kier molecular flexibility index (Phi) is 3.60. The summed E-state index contributed by atoms with van der Waals surface area (Å²) in [6, 6.07) is 4.24. The normalized spacial score (nSPS) is 9.08. The Morgan fingerprint density at radius 3 is 2.92 bits per heavy atom. The van der Waals surface area contributed by atoms with Gasteiger partial charge in [-0.3, -0.25) is 0 Å². The first kappa shape index (κ1) is 9.88. The smallest absolute Gasteiger partial charge is 0.167 e. The SMILES string of the molecule is Oc1c(F)cccc1C#CCCCl. The topological polar surface area (TPSA) is 20.2 Å². The van der Waals surface area contributed by atoms with Gasteiger partial charge < -0.3 is 5.11 Å². The minimum atomic E-state index is -0.655. The molecule has 1 N–H and O–H groups in total. The molecule has 1 aromatic rings. The van der Waals surface area contributed by atoms with Crippen LogP contribution in [-0.4, -0.2) is 11.0 Å². The molecule has 68 valence electrons. The van der Waals surface area contributed by atoms with E-state index in [4.69, 9.17) is 11.6 Å². The van der Waals surface area contributed by atoms with Gasteiger partial charge in [-0.05, 0) is 12.1 Å². The van der Waals surface area contributed by atoms with Crippen molar-refractivity contribution in [3.63, 3.8) is 0 Å². The van der Waals surface area contributed by atoms with Crippen molar-refractivity contribution < 1.29 is 9.50 Å². The van der Waals surface area contributed by atoms with Crippen LogP contribution in [0.5, 0.6) is 5.75 Å². The molecule has 0 aliphatic carbocycles. The molecule has 1 nitrogen and oxygen atoms in total. The van der Waals surface area contributed by atoms with Crippen molar-refractivity contribution in [3.05, 3.63) is 29.6 Å². The Hall–Kier alpha value is -1.20. The lowest BCUT2D eigenvalue weighted by atomic mass is 10.2. The maximum Gasteiger partial charge on any atom is 0.167 e. The summed E-state index contributed by atoms with van der Waals surface area (Å²) >= 11 is 5.40. The summed E-state index contributed by atoms with van der Waals surface area (Å²) < 4.78 is 12.7. The first-order valence-electron chi connectivity index (χ1n) is 3.78. The van der Waals surface area contributed by atoms with Crippen molar-refractivity contribution in [2.24, 2.45) is 0 Å². The second-order valence-corrected chi connectivity index (χ2v) is 2.75. The molecule has 1 rings (SSSR count). The minimum Gasteiger partial charge on any atom is -0.504 e. The summed E-state index contributed by atoms with van der Waals surface area (Å²) in [5.74, 6) is 4.72. The van der Waals surface area contributed by atoms with Gasteiger partial charge in [0, 0.05) is 12.3 Å². The molecule has 0 unspecified atom stereocenters. The van der Waals surface area contributed by atoms with Gasteiger partial charge in [0.05, 0.1) is 5.56 Å². The highest BCUT2D eigenvalue weighted by atomic mass is 35.5. The fraction of sp³-hybridized carbons (Fsp3) is 0.200. The molecule has 0 saturated heterocycles. The number of hydrogen-bond donors (Lipinski definition) is 1. The van der Waals surface area contributed by atoms with Crippen LogP contribution >= 0.6 is 11.6 Å². The molecule has 0 aliphatic rings. The molecule has 1 aromatic carbocycles. The summed E-state index contributed by atoms with van der Waals surface area (Å²) in [6.07, 6.45) is 0.525. The van der Waals surface area contributed by atoms with Crippen LogP contribution in [0.4, 0.5) is 4.39 Å². The Labute approximate surface area is 81.2 Å². The largest absolute Gasteiger partial charge is 0.504 e. The molecule has 0 atom stereocenters. The summed E-state index contributed by atoms with van der Waals surface area (Å²) in [6.45, 7) is 0. The quantitative estimate of drug-likeness (QED) is 0.543. The number of halogens is 2. The van der Waals surface area contributed by atoms with Gasteiger partial charge >= 0.3 is 0 Å². The monoisotopic (exact) mass is 198 g/mol. The number of para-hydroxylation sites is 1. The summed E-state index contributed by atoms with van der Waals surface area (Å²) in [7, 11) is 0. The molecule has 0 amide bonds. The van der Waals surface area contributed by atoms with Crippen molar-refractivity contribution in [1.29, 1.82) is 0 Å². The average Bonchev–Trinajstić information content (AvgIpc) is 2.13. The highest BCUT2D eigenvalue weighted by Gasteiger charge is 2.02. The number of benzene rings is 1. The van der Waals surface area contributed by atoms with Gasteiger partial charge in [-0.2, -0.15) is 0 Å². The van der Waals surface area contributed by atoms with Gasteiger partial charge in [0.25, 0.3) is 0 Å². The second-order valence-electron chi connectivity index (χ2n) is 2.38. The van der Waals surface area contributed by atoms with E-state index in [1.807, 2.05) is 0 Å². The average molecular weight is 199 g/mol. The predicted octanol–water partition coefficient (Wildman–Crippen LogP) is 2.51. The fourth-order valence-corrected chi connectivity index (χ4v) is 0.916. The van der Waals surface area contributed by atoms with Gasteiger partial charge in [0.15, 0.2) is 11.6 Å². The predicted molar refractivity (Wildman–Crippen MR) is 50.3 cm³/mol. The lowest BCUT2D eigenvalue weighted by Crippen LogP contribution is -1.81. The number of hydrogen-bond acceptors (Lipinski definition) is 1. The van der Waals surface area contributed by atoms with Crippen LogP contribution in [0.3, 0.4) is 0 Å². The third kappa shape index (κ3) is 2.64. The van der Waals surface area contributed by atoms with E-state index in [-0.39, 0.29) is 0 Å². The lowest BCUT2D eigenvalue weighted by molar-refractivity contribution is 0.431. The van der Waals surface area contributed by atoms with Crippen molar-refractivity contribution in [1.82, 2.24) is 0 Å². The Balaban J connectivity index is 2.91. The van der Waals surface area contributed by atoms with E-state index in [0.29, 0.717) is 17.9 Å². The molecule has 0 heterocycles. The third-order valence-electron chi connectivity index (χ3n) is 1.43. The Morgan fingerprint density at radius 2 is 2.23 bits per heavy atom. The zero-order chi connectivity index (χ0) is 9.68. The third-order valence-corrected chi connectivity index (χ3v) is 1.62. The number of rotatable bonds is 1. The van der Waals surface area contributed by atoms with E-state index < -0.39 is 11.6 Å². The van der Waals surface area contributed by atoms with Gasteiger partial charge in [0.1, 0.15) is 0 Å². The number of phenols is 1. The molecule has 0 fully saturated rings.